The van der Waals surface area contributed by atoms with Gasteiger partial charge in [0.05, 0.1) is 17.1 Å². The van der Waals surface area contributed by atoms with E-state index < -0.39 is 10.0 Å². The number of piperidine rings is 1. The minimum Gasteiger partial charge on any atom is -0.377 e. The van der Waals surface area contributed by atoms with Crippen molar-refractivity contribution >= 4 is 21.6 Å². The molecule has 0 saturated carbocycles. The number of anilines is 1. The molecular weight excluding hydrogens is 398 g/mol. The lowest BCUT2D eigenvalue weighted by Gasteiger charge is -2.25. The molecule has 1 aliphatic rings. The number of carbonyl (C=O) groups excluding carboxylic acids is 1. The van der Waals surface area contributed by atoms with Crippen LogP contribution in [0.3, 0.4) is 0 Å². The molecule has 7 heteroatoms. The maximum absolute atomic E-state index is 12.7. The maximum atomic E-state index is 12.7. The second-order valence-electron chi connectivity index (χ2n) is 7.39. The smallest absolute Gasteiger partial charge is 0.252 e. The van der Waals surface area contributed by atoms with Crippen LogP contribution in [0.15, 0.2) is 53.4 Å². The third kappa shape index (κ3) is 5.21. The fourth-order valence-corrected chi connectivity index (χ4v) is 4.88. The molecule has 1 saturated heterocycles. The lowest BCUT2D eigenvalue weighted by molar-refractivity contribution is 0.0958. The Kier molecular flexibility index (Phi) is 7.14. The molecule has 6 nitrogen and oxygen atoms in total. The van der Waals surface area contributed by atoms with E-state index in [-0.39, 0.29) is 17.3 Å². The summed E-state index contributed by atoms with van der Waals surface area (Å²) < 4.78 is 26.9. The van der Waals surface area contributed by atoms with Gasteiger partial charge in [-0.05, 0) is 49.2 Å². The van der Waals surface area contributed by atoms with Crippen LogP contribution in [0.25, 0.3) is 0 Å². The monoisotopic (exact) mass is 425 g/mol. The van der Waals surface area contributed by atoms with E-state index in [4.69, 9.17) is 0 Å². The number of carbonyl (C=O) groups is 1. The Hall–Kier alpha value is -2.82. The molecule has 1 heterocycles. The summed E-state index contributed by atoms with van der Waals surface area (Å²) in [6.45, 7) is 1.31. The average Bonchev–Trinajstić information content (AvgIpc) is 2.77. The van der Waals surface area contributed by atoms with Gasteiger partial charge in [0.1, 0.15) is 0 Å². The summed E-state index contributed by atoms with van der Waals surface area (Å²) >= 11 is 0. The molecule has 30 heavy (non-hydrogen) atoms. The van der Waals surface area contributed by atoms with Crippen molar-refractivity contribution in [2.24, 2.45) is 0 Å². The van der Waals surface area contributed by atoms with E-state index in [1.165, 1.54) is 16.4 Å². The van der Waals surface area contributed by atoms with Gasteiger partial charge in [0.15, 0.2) is 0 Å². The Bertz CT molecular complexity index is 1050. The van der Waals surface area contributed by atoms with Crippen LogP contribution in [0.1, 0.15) is 35.2 Å². The Morgan fingerprint density at radius 3 is 2.37 bits per heavy atom. The fraction of sp³-hybridized carbons (Fsp3) is 0.348. The molecule has 1 aliphatic heterocycles. The number of amides is 1. The molecule has 2 aromatic carbocycles. The minimum absolute atomic E-state index is 0.203. The standard InChI is InChI=1S/C23H27N3O3S/c1-25(2)22-11-5-4-9-19(22)10-8-16-24-23(27)20-12-14-21(15-13-20)30(28,29)26-17-6-3-7-18-26/h4-5,9,11-15H,3,6-7,16-18H2,1-2H3,(H,24,27). The van der Waals surface area contributed by atoms with Crippen molar-refractivity contribution in [2.75, 3.05) is 38.6 Å². The van der Waals surface area contributed by atoms with Crippen LogP contribution in [0.4, 0.5) is 5.69 Å². The topological polar surface area (TPSA) is 69.7 Å². The summed E-state index contributed by atoms with van der Waals surface area (Å²) in [5.41, 5.74) is 2.31. The van der Waals surface area contributed by atoms with Crippen molar-refractivity contribution in [1.29, 1.82) is 0 Å². The quantitative estimate of drug-likeness (QED) is 0.748. The van der Waals surface area contributed by atoms with E-state index in [9.17, 15) is 13.2 Å². The maximum Gasteiger partial charge on any atom is 0.252 e. The Morgan fingerprint density at radius 1 is 1.03 bits per heavy atom. The number of rotatable bonds is 5. The highest BCUT2D eigenvalue weighted by Crippen LogP contribution is 2.21. The fourth-order valence-electron chi connectivity index (χ4n) is 3.37. The first kappa shape index (κ1) is 21.9. The van der Waals surface area contributed by atoms with Gasteiger partial charge >= 0.3 is 0 Å². The van der Waals surface area contributed by atoms with E-state index in [1.807, 2.05) is 43.3 Å². The normalized spacial score (nSPS) is 14.5. The molecule has 0 bridgehead atoms. The molecule has 2 aromatic rings. The first-order valence-corrected chi connectivity index (χ1v) is 11.5. The zero-order chi connectivity index (χ0) is 21.6. The van der Waals surface area contributed by atoms with Gasteiger partial charge in [-0.25, -0.2) is 8.42 Å². The number of sulfonamides is 1. The highest BCUT2D eigenvalue weighted by Gasteiger charge is 2.25. The van der Waals surface area contributed by atoms with Gasteiger partial charge in [0, 0.05) is 38.3 Å². The van der Waals surface area contributed by atoms with Gasteiger partial charge < -0.3 is 10.2 Å². The third-order valence-electron chi connectivity index (χ3n) is 5.02. The first-order chi connectivity index (χ1) is 14.4. The summed E-state index contributed by atoms with van der Waals surface area (Å²) in [6, 6.07) is 13.9. The van der Waals surface area contributed by atoms with Crippen LogP contribution in [-0.2, 0) is 10.0 Å². The average molecular weight is 426 g/mol. The van der Waals surface area contributed by atoms with Crippen LogP contribution < -0.4 is 10.2 Å². The van der Waals surface area contributed by atoms with E-state index in [0.717, 1.165) is 30.5 Å². The number of nitrogens with one attached hydrogen (secondary N) is 1. The molecule has 0 spiro atoms. The predicted molar refractivity (Wildman–Crippen MR) is 119 cm³/mol. The molecule has 0 atom stereocenters. The lowest BCUT2D eigenvalue weighted by atomic mass is 10.1. The van der Waals surface area contributed by atoms with Crippen LogP contribution in [0.5, 0.6) is 0 Å². The van der Waals surface area contributed by atoms with Crippen molar-refractivity contribution in [2.45, 2.75) is 24.2 Å². The molecule has 1 fully saturated rings. The Labute approximate surface area is 178 Å². The van der Waals surface area contributed by atoms with Gasteiger partial charge in [0.2, 0.25) is 10.0 Å². The summed E-state index contributed by atoms with van der Waals surface area (Å²) in [5, 5.41) is 2.75. The van der Waals surface area contributed by atoms with E-state index >= 15 is 0 Å². The summed E-state index contributed by atoms with van der Waals surface area (Å²) in [4.78, 5) is 14.6. The second kappa shape index (κ2) is 9.79. The summed E-state index contributed by atoms with van der Waals surface area (Å²) in [6.07, 6.45) is 2.84. The molecule has 1 amide bonds. The first-order valence-electron chi connectivity index (χ1n) is 10.0. The van der Waals surface area contributed by atoms with Crippen LogP contribution in [0.2, 0.25) is 0 Å². The van der Waals surface area contributed by atoms with Gasteiger partial charge in [0.25, 0.3) is 5.91 Å². The van der Waals surface area contributed by atoms with Crippen molar-refractivity contribution in [3.63, 3.8) is 0 Å². The van der Waals surface area contributed by atoms with Crippen molar-refractivity contribution in [3.05, 3.63) is 59.7 Å². The van der Waals surface area contributed by atoms with Crippen LogP contribution >= 0.6 is 0 Å². The van der Waals surface area contributed by atoms with Crippen LogP contribution in [-0.4, -0.2) is 52.4 Å². The highest BCUT2D eigenvalue weighted by atomic mass is 32.2. The molecule has 0 radical (unpaired) electrons. The molecule has 0 aliphatic carbocycles. The largest absolute Gasteiger partial charge is 0.377 e. The molecule has 0 aromatic heterocycles. The predicted octanol–water partition coefficient (Wildman–Crippen LogP) is 2.71. The molecule has 1 N–H and O–H groups in total. The molecule has 0 unspecified atom stereocenters. The van der Waals surface area contributed by atoms with Gasteiger partial charge in [-0.3, -0.25) is 4.79 Å². The lowest BCUT2D eigenvalue weighted by Crippen LogP contribution is -2.35. The second-order valence-corrected chi connectivity index (χ2v) is 9.32. The number of hydrogen-bond acceptors (Lipinski definition) is 4. The number of hydrogen-bond donors (Lipinski definition) is 1. The SMILES string of the molecule is CN(C)c1ccccc1C#CCNC(=O)c1ccc(S(=O)(=O)N2CCCCC2)cc1. The highest BCUT2D eigenvalue weighted by molar-refractivity contribution is 7.89. The zero-order valence-electron chi connectivity index (χ0n) is 17.4. The van der Waals surface area contributed by atoms with Crippen molar-refractivity contribution in [3.8, 4) is 11.8 Å². The molecule has 158 valence electrons. The summed E-state index contributed by atoms with van der Waals surface area (Å²) in [5.74, 6) is 5.76. The number of benzene rings is 2. The summed E-state index contributed by atoms with van der Waals surface area (Å²) in [7, 11) is 0.420. The van der Waals surface area contributed by atoms with E-state index in [0.29, 0.717) is 18.7 Å². The van der Waals surface area contributed by atoms with Gasteiger partial charge in [-0.1, -0.05) is 30.4 Å². The van der Waals surface area contributed by atoms with Gasteiger partial charge in [-0.2, -0.15) is 4.31 Å². The van der Waals surface area contributed by atoms with E-state index in [2.05, 4.69) is 17.2 Å². The Balaban J connectivity index is 1.61. The number of nitrogens with zero attached hydrogens (tertiary/aromatic N) is 2. The van der Waals surface area contributed by atoms with E-state index in [1.54, 1.807) is 12.1 Å². The third-order valence-corrected chi connectivity index (χ3v) is 6.93. The van der Waals surface area contributed by atoms with Gasteiger partial charge in [-0.15, -0.1) is 0 Å². The Morgan fingerprint density at radius 2 is 1.70 bits per heavy atom. The minimum atomic E-state index is -3.49. The number of para-hydroxylation sites is 1. The van der Waals surface area contributed by atoms with Crippen LogP contribution in [0, 0.1) is 11.8 Å². The van der Waals surface area contributed by atoms with Crippen molar-refractivity contribution < 1.29 is 13.2 Å². The molecule has 3 rings (SSSR count). The van der Waals surface area contributed by atoms with Crippen molar-refractivity contribution in [1.82, 2.24) is 9.62 Å². The zero-order valence-corrected chi connectivity index (χ0v) is 18.2. The molecular formula is C23H27N3O3S.